The molecule has 1 atom stereocenters. The third-order valence-electron chi connectivity index (χ3n) is 4.38. The van der Waals surface area contributed by atoms with Crippen molar-refractivity contribution in [2.24, 2.45) is 10.9 Å². The van der Waals surface area contributed by atoms with Crippen molar-refractivity contribution in [3.05, 3.63) is 0 Å². The van der Waals surface area contributed by atoms with Crippen molar-refractivity contribution < 1.29 is 4.79 Å². The number of likely N-dealkylation sites (tertiary alicyclic amines) is 1. The second-order valence-electron chi connectivity index (χ2n) is 5.88. The monoisotopic (exact) mass is 290 g/mol. The first kappa shape index (κ1) is 15.7. The SMILES string of the molecule is C#CCNC(=NC)NC1CCN(C(=O)C2CCCCC2)C1. The quantitative estimate of drug-likeness (QED) is 0.462. The molecule has 1 heterocycles. The molecule has 1 amide bonds. The molecule has 1 aliphatic carbocycles. The zero-order valence-electron chi connectivity index (χ0n) is 12.9. The Labute approximate surface area is 127 Å². The largest absolute Gasteiger partial charge is 0.352 e. The average Bonchev–Trinajstić information content (AvgIpc) is 3.00. The highest BCUT2D eigenvalue weighted by molar-refractivity contribution is 5.81. The lowest BCUT2D eigenvalue weighted by Gasteiger charge is -2.26. The van der Waals surface area contributed by atoms with Crippen LogP contribution in [0.2, 0.25) is 0 Å². The van der Waals surface area contributed by atoms with E-state index < -0.39 is 0 Å². The first-order chi connectivity index (χ1) is 10.2. The third-order valence-corrected chi connectivity index (χ3v) is 4.38. The van der Waals surface area contributed by atoms with Gasteiger partial charge in [0.1, 0.15) is 0 Å². The number of guanidine groups is 1. The predicted octanol–water partition coefficient (Wildman–Crippen LogP) is 0.966. The van der Waals surface area contributed by atoms with Gasteiger partial charge in [-0.1, -0.05) is 25.2 Å². The van der Waals surface area contributed by atoms with Crippen molar-refractivity contribution in [2.45, 2.75) is 44.6 Å². The Morgan fingerprint density at radius 1 is 1.33 bits per heavy atom. The summed E-state index contributed by atoms with van der Waals surface area (Å²) in [4.78, 5) is 18.7. The fourth-order valence-electron chi connectivity index (χ4n) is 3.21. The summed E-state index contributed by atoms with van der Waals surface area (Å²) in [6, 6.07) is 0.265. The number of nitrogens with zero attached hydrogens (tertiary/aromatic N) is 2. The summed E-state index contributed by atoms with van der Waals surface area (Å²) in [5.74, 6) is 3.86. The van der Waals surface area contributed by atoms with E-state index in [1.807, 2.05) is 4.90 Å². The predicted molar refractivity (Wildman–Crippen MR) is 84.9 cm³/mol. The fourth-order valence-corrected chi connectivity index (χ4v) is 3.21. The molecule has 0 spiro atoms. The van der Waals surface area contributed by atoms with Crippen molar-refractivity contribution >= 4 is 11.9 Å². The van der Waals surface area contributed by atoms with Crippen LogP contribution < -0.4 is 10.6 Å². The van der Waals surface area contributed by atoms with E-state index >= 15 is 0 Å². The van der Waals surface area contributed by atoms with Gasteiger partial charge in [-0.2, -0.15) is 0 Å². The van der Waals surface area contributed by atoms with Crippen molar-refractivity contribution in [3.8, 4) is 12.3 Å². The van der Waals surface area contributed by atoms with Gasteiger partial charge in [-0.3, -0.25) is 9.79 Å². The second-order valence-corrected chi connectivity index (χ2v) is 5.88. The Morgan fingerprint density at radius 3 is 2.76 bits per heavy atom. The van der Waals surface area contributed by atoms with E-state index in [4.69, 9.17) is 6.42 Å². The topological polar surface area (TPSA) is 56.7 Å². The number of carbonyl (C=O) groups excluding carboxylic acids is 1. The molecule has 0 aromatic carbocycles. The highest BCUT2D eigenvalue weighted by Crippen LogP contribution is 2.26. The summed E-state index contributed by atoms with van der Waals surface area (Å²) in [7, 11) is 1.73. The molecule has 1 unspecified atom stereocenters. The highest BCUT2D eigenvalue weighted by Gasteiger charge is 2.31. The Kier molecular flexibility index (Phi) is 5.91. The molecule has 0 aromatic heterocycles. The number of nitrogens with one attached hydrogen (secondary N) is 2. The number of carbonyl (C=O) groups is 1. The van der Waals surface area contributed by atoms with E-state index in [0.29, 0.717) is 18.4 Å². The Hall–Kier alpha value is -1.70. The molecule has 2 N–H and O–H groups in total. The van der Waals surface area contributed by atoms with E-state index in [1.54, 1.807) is 7.05 Å². The van der Waals surface area contributed by atoms with Crippen molar-refractivity contribution in [1.82, 2.24) is 15.5 Å². The van der Waals surface area contributed by atoms with Gasteiger partial charge < -0.3 is 15.5 Å². The highest BCUT2D eigenvalue weighted by atomic mass is 16.2. The van der Waals surface area contributed by atoms with Gasteiger partial charge in [0.2, 0.25) is 5.91 Å². The van der Waals surface area contributed by atoms with Crippen molar-refractivity contribution in [1.29, 1.82) is 0 Å². The number of aliphatic imine (C=N–C) groups is 1. The van der Waals surface area contributed by atoms with Gasteiger partial charge in [0.25, 0.3) is 0 Å². The minimum Gasteiger partial charge on any atom is -0.352 e. The molecule has 2 fully saturated rings. The molecule has 0 radical (unpaired) electrons. The van der Waals surface area contributed by atoms with Crippen LogP contribution in [-0.4, -0.2) is 49.5 Å². The molecule has 5 nitrogen and oxygen atoms in total. The first-order valence-electron chi connectivity index (χ1n) is 7.94. The maximum atomic E-state index is 12.5. The Bertz CT molecular complexity index is 420. The molecular formula is C16H26N4O. The van der Waals surface area contributed by atoms with Gasteiger partial charge in [0.05, 0.1) is 6.54 Å². The van der Waals surface area contributed by atoms with E-state index in [-0.39, 0.29) is 12.0 Å². The van der Waals surface area contributed by atoms with E-state index in [0.717, 1.165) is 32.4 Å². The molecule has 1 saturated carbocycles. The zero-order chi connectivity index (χ0) is 15.1. The number of hydrogen-bond acceptors (Lipinski definition) is 2. The smallest absolute Gasteiger partial charge is 0.225 e. The van der Waals surface area contributed by atoms with E-state index in [9.17, 15) is 4.79 Å². The lowest BCUT2D eigenvalue weighted by molar-refractivity contribution is -0.135. The van der Waals surface area contributed by atoms with Crippen LogP contribution in [0.3, 0.4) is 0 Å². The summed E-state index contributed by atoms with van der Waals surface area (Å²) in [5.41, 5.74) is 0. The lowest BCUT2D eigenvalue weighted by Crippen LogP contribution is -2.45. The minimum atomic E-state index is 0.261. The van der Waals surface area contributed by atoms with Gasteiger partial charge in [-0.15, -0.1) is 6.42 Å². The molecule has 21 heavy (non-hydrogen) atoms. The second kappa shape index (κ2) is 7.92. The van der Waals surface area contributed by atoms with Crippen molar-refractivity contribution in [2.75, 3.05) is 26.7 Å². The molecule has 1 aliphatic heterocycles. The van der Waals surface area contributed by atoms with Crippen molar-refractivity contribution in [3.63, 3.8) is 0 Å². The van der Waals surface area contributed by atoms with Crippen LogP contribution in [0, 0.1) is 18.3 Å². The van der Waals surface area contributed by atoms with Gasteiger partial charge in [0, 0.05) is 32.1 Å². The molecule has 2 aliphatic rings. The van der Waals surface area contributed by atoms with Crippen LogP contribution in [0.15, 0.2) is 4.99 Å². The maximum absolute atomic E-state index is 12.5. The number of terminal acetylenes is 1. The van der Waals surface area contributed by atoms with Gasteiger partial charge in [-0.05, 0) is 19.3 Å². The average molecular weight is 290 g/mol. The van der Waals surface area contributed by atoms with Crippen LogP contribution in [0.5, 0.6) is 0 Å². The van der Waals surface area contributed by atoms with Gasteiger partial charge in [-0.25, -0.2) is 0 Å². The van der Waals surface area contributed by atoms with Gasteiger partial charge >= 0.3 is 0 Å². The molecule has 1 saturated heterocycles. The number of rotatable bonds is 3. The summed E-state index contributed by atoms with van der Waals surface area (Å²) in [6.45, 7) is 2.07. The molecule has 2 rings (SSSR count). The maximum Gasteiger partial charge on any atom is 0.225 e. The third kappa shape index (κ3) is 4.38. The molecule has 0 bridgehead atoms. The number of hydrogen-bond donors (Lipinski definition) is 2. The molecule has 0 aromatic rings. The standard InChI is InChI=1S/C16H26N4O/c1-3-10-18-16(17-2)19-14-9-11-20(12-14)15(21)13-7-5-4-6-8-13/h1,13-14H,4-12H2,2H3,(H2,17,18,19). The summed E-state index contributed by atoms with van der Waals surface area (Å²) < 4.78 is 0. The van der Waals surface area contributed by atoms with E-state index in [2.05, 4.69) is 21.5 Å². The molecule has 5 heteroatoms. The first-order valence-corrected chi connectivity index (χ1v) is 7.94. The number of amides is 1. The van der Waals surface area contributed by atoms with E-state index in [1.165, 1.54) is 19.3 Å². The van der Waals surface area contributed by atoms with Gasteiger partial charge in [0.15, 0.2) is 5.96 Å². The zero-order valence-corrected chi connectivity index (χ0v) is 12.9. The minimum absolute atomic E-state index is 0.261. The van der Waals surface area contributed by atoms with Crippen LogP contribution in [0.1, 0.15) is 38.5 Å². The molecular weight excluding hydrogens is 264 g/mol. The summed E-state index contributed by atoms with van der Waals surface area (Å²) in [5, 5.41) is 6.39. The van der Waals surface area contributed by atoms with Crippen LogP contribution in [0.25, 0.3) is 0 Å². The normalized spacial score (nSPS) is 23.7. The summed E-state index contributed by atoms with van der Waals surface area (Å²) >= 11 is 0. The Balaban J connectivity index is 1.80. The lowest BCUT2D eigenvalue weighted by atomic mass is 9.88. The van der Waals surface area contributed by atoms with Crippen LogP contribution in [0.4, 0.5) is 0 Å². The Morgan fingerprint density at radius 2 is 2.10 bits per heavy atom. The van der Waals surface area contributed by atoms with Crippen LogP contribution >= 0.6 is 0 Å². The molecule has 116 valence electrons. The van der Waals surface area contributed by atoms with Crippen LogP contribution in [-0.2, 0) is 4.79 Å². The fraction of sp³-hybridized carbons (Fsp3) is 0.750. The summed E-state index contributed by atoms with van der Waals surface area (Å²) in [6.07, 6.45) is 12.0.